The van der Waals surface area contributed by atoms with E-state index in [4.69, 9.17) is 4.74 Å². The first-order valence-corrected chi connectivity index (χ1v) is 10.2. The zero-order valence-corrected chi connectivity index (χ0v) is 18.0. The molecular weight excluding hydrogens is 424 g/mol. The van der Waals surface area contributed by atoms with Crippen molar-refractivity contribution in [2.24, 2.45) is 4.99 Å². The number of rotatable bonds is 7. The van der Waals surface area contributed by atoms with Crippen LogP contribution >= 0.6 is 11.3 Å². The lowest BCUT2D eigenvalue weighted by Crippen LogP contribution is -2.20. The van der Waals surface area contributed by atoms with Gasteiger partial charge in [-0.15, -0.1) is 0 Å². The van der Waals surface area contributed by atoms with Gasteiger partial charge < -0.3 is 9.30 Å². The van der Waals surface area contributed by atoms with Gasteiger partial charge in [0.1, 0.15) is 0 Å². The molecule has 31 heavy (non-hydrogen) atoms. The number of aryl methyl sites for hydroxylation is 2. The largest absolute Gasteiger partial charge is 0.380 e. The normalized spacial score (nSPS) is 11.8. The summed E-state index contributed by atoms with van der Waals surface area (Å²) in [4.78, 5) is 38.1. The molecule has 0 aliphatic carbocycles. The fraction of sp³-hybridized carbons (Fsp3) is 0.300. The van der Waals surface area contributed by atoms with Crippen molar-refractivity contribution in [2.75, 3.05) is 13.2 Å². The molecule has 0 atom stereocenters. The van der Waals surface area contributed by atoms with E-state index in [0.29, 0.717) is 24.6 Å². The van der Waals surface area contributed by atoms with Gasteiger partial charge in [-0.2, -0.15) is 4.99 Å². The Kier molecular flexibility index (Phi) is 6.56. The van der Waals surface area contributed by atoms with Crippen LogP contribution in [0.5, 0.6) is 0 Å². The fourth-order valence-electron chi connectivity index (χ4n) is 3.27. The number of amides is 1. The van der Waals surface area contributed by atoms with Crippen molar-refractivity contribution >= 4 is 38.8 Å². The summed E-state index contributed by atoms with van der Waals surface area (Å²) < 4.78 is 8.26. The van der Waals surface area contributed by atoms with Crippen LogP contribution < -0.4 is 4.80 Å². The SMILES string of the molecule is CCOCCn1c(=NC(=O)c2cc([N+](=O)[O-])cc([N+](=O)[O-])c2)sc2cc(C)cc(C)c21. The molecule has 1 aromatic heterocycles. The zero-order chi connectivity index (χ0) is 22.7. The highest BCUT2D eigenvalue weighted by molar-refractivity contribution is 7.16. The molecule has 3 aromatic rings. The van der Waals surface area contributed by atoms with Gasteiger partial charge >= 0.3 is 0 Å². The first-order chi connectivity index (χ1) is 14.7. The maximum atomic E-state index is 12.8. The lowest BCUT2D eigenvalue weighted by Gasteiger charge is -2.08. The van der Waals surface area contributed by atoms with Gasteiger partial charge in [0, 0.05) is 25.3 Å². The molecule has 0 spiro atoms. The molecule has 3 rings (SSSR count). The Morgan fingerprint density at radius 3 is 2.32 bits per heavy atom. The molecule has 0 saturated carbocycles. The highest BCUT2D eigenvalue weighted by atomic mass is 32.1. The summed E-state index contributed by atoms with van der Waals surface area (Å²) in [6, 6.07) is 6.82. The smallest absolute Gasteiger partial charge is 0.280 e. The van der Waals surface area contributed by atoms with Crippen LogP contribution in [-0.2, 0) is 11.3 Å². The molecule has 1 amide bonds. The first-order valence-electron chi connectivity index (χ1n) is 9.42. The van der Waals surface area contributed by atoms with Crippen molar-refractivity contribution < 1.29 is 19.4 Å². The number of nitrogens with zero attached hydrogens (tertiary/aromatic N) is 4. The number of non-ortho nitro benzene ring substituents is 2. The van der Waals surface area contributed by atoms with Crippen LogP contribution in [0.1, 0.15) is 28.4 Å². The average molecular weight is 444 g/mol. The number of thiazole rings is 1. The van der Waals surface area contributed by atoms with E-state index in [9.17, 15) is 25.0 Å². The summed E-state index contributed by atoms with van der Waals surface area (Å²) in [7, 11) is 0. The Balaban J connectivity index is 2.16. The number of fused-ring (bicyclic) bond motifs is 1. The molecule has 0 fully saturated rings. The standard InChI is InChI=1S/C20H20N4O6S/c1-4-30-6-5-22-18-13(3)7-12(2)8-17(18)31-20(22)21-19(25)14-9-15(23(26)27)11-16(10-14)24(28)29/h7-11H,4-6H2,1-3H3. The molecule has 0 aliphatic rings. The molecule has 10 nitrogen and oxygen atoms in total. The van der Waals surface area contributed by atoms with Crippen molar-refractivity contribution in [1.82, 2.24) is 4.57 Å². The molecular formula is C20H20N4O6S. The number of nitro groups is 2. The Morgan fingerprint density at radius 2 is 1.74 bits per heavy atom. The second-order valence-corrected chi connectivity index (χ2v) is 7.84. The number of carbonyl (C=O) groups excluding carboxylic acids is 1. The number of hydrogen-bond donors (Lipinski definition) is 0. The van der Waals surface area contributed by atoms with E-state index in [1.807, 2.05) is 37.5 Å². The van der Waals surface area contributed by atoms with E-state index >= 15 is 0 Å². The zero-order valence-electron chi connectivity index (χ0n) is 17.2. The van der Waals surface area contributed by atoms with Crippen molar-refractivity contribution in [3.8, 4) is 0 Å². The third-order valence-electron chi connectivity index (χ3n) is 4.54. The van der Waals surface area contributed by atoms with Gasteiger partial charge in [-0.1, -0.05) is 17.4 Å². The van der Waals surface area contributed by atoms with E-state index in [0.717, 1.165) is 39.5 Å². The van der Waals surface area contributed by atoms with Gasteiger partial charge in [0.2, 0.25) is 0 Å². The first kappa shape index (κ1) is 22.2. The third-order valence-corrected chi connectivity index (χ3v) is 5.57. The minimum absolute atomic E-state index is 0.220. The molecule has 0 radical (unpaired) electrons. The molecule has 11 heteroatoms. The maximum Gasteiger partial charge on any atom is 0.280 e. The molecule has 0 unspecified atom stereocenters. The van der Waals surface area contributed by atoms with Crippen LogP contribution in [0.4, 0.5) is 11.4 Å². The number of hydrogen-bond acceptors (Lipinski definition) is 7. The van der Waals surface area contributed by atoms with Crippen LogP contribution in [0.15, 0.2) is 35.3 Å². The molecule has 162 valence electrons. The van der Waals surface area contributed by atoms with Gasteiger partial charge in [0.05, 0.1) is 38.3 Å². The van der Waals surface area contributed by atoms with Crippen molar-refractivity contribution in [2.45, 2.75) is 27.3 Å². The van der Waals surface area contributed by atoms with Gasteiger partial charge in [-0.05, 0) is 38.0 Å². The maximum absolute atomic E-state index is 12.8. The molecule has 1 heterocycles. The summed E-state index contributed by atoms with van der Waals surface area (Å²) in [5, 5.41) is 22.2. The number of benzene rings is 2. The van der Waals surface area contributed by atoms with E-state index in [2.05, 4.69) is 4.99 Å². The van der Waals surface area contributed by atoms with Crippen LogP contribution in [0, 0.1) is 34.1 Å². The summed E-state index contributed by atoms with van der Waals surface area (Å²) in [5.74, 6) is -0.794. The van der Waals surface area contributed by atoms with Crippen molar-refractivity contribution in [3.05, 3.63) is 72.1 Å². The fourth-order valence-corrected chi connectivity index (χ4v) is 4.50. The summed E-state index contributed by atoms with van der Waals surface area (Å²) in [5.41, 5.74) is 1.70. The van der Waals surface area contributed by atoms with E-state index in [-0.39, 0.29) is 5.56 Å². The van der Waals surface area contributed by atoms with E-state index < -0.39 is 27.1 Å². The predicted octanol–water partition coefficient (Wildman–Crippen LogP) is 3.91. The van der Waals surface area contributed by atoms with Crippen LogP contribution in [-0.4, -0.2) is 33.5 Å². The number of carbonyl (C=O) groups is 1. The lowest BCUT2D eigenvalue weighted by molar-refractivity contribution is -0.394. The van der Waals surface area contributed by atoms with Gasteiger partial charge in [0.25, 0.3) is 17.3 Å². The van der Waals surface area contributed by atoms with E-state index in [1.54, 1.807) is 0 Å². The Labute approximate surface area is 180 Å². The third kappa shape index (κ3) is 4.84. The summed E-state index contributed by atoms with van der Waals surface area (Å²) in [6.07, 6.45) is 0. The Bertz CT molecular complexity index is 1230. The van der Waals surface area contributed by atoms with Crippen molar-refractivity contribution in [1.29, 1.82) is 0 Å². The van der Waals surface area contributed by atoms with Crippen molar-refractivity contribution in [3.63, 3.8) is 0 Å². The number of aromatic nitrogens is 1. The minimum atomic E-state index is -0.794. The molecule has 0 bridgehead atoms. The van der Waals surface area contributed by atoms with Gasteiger partial charge in [0.15, 0.2) is 4.80 Å². The molecule has 0 saturated heterocycles. The second kappa shape index (κ2) is 9.14. The van der Waals surface area contributed by atoms with Crippen LogP contribution in [0.25, 0.3) is 10.2 Å². The molecule has 0 aliphatic heterocycles. The Morgan fingerprint density at radius 1 is 1.10 bits per heavy atom. The topological polar surface area (TPSA) is 130 Å². The monoisotopic (exact) mass is 444 g/mol. The summed E-state index contributed by atoms with van der Waals surface area (Å²) in [6.45, 7) is 7.24. The predicted molar refractivity (Wildman–Crippen MR) is 115 cm³/mol. The summed E-state index contributed by atoms with van der Waals surface area (Å²) >= 11 is 1.31. The molecule has 0 N–H and O–H groups in total. The minimum Gasteiger partial charge on any atom is -0.380 e. The highest BCUT2D eigenvalue weighted by Crippen LogP contribution is 2.25. The lowest BCUT2D eigenvalue weighted by atomic mass is 10.1. The van der Waals surface area contributed by atoms with E-state index in [1.165, 1.54) is 11.3 Å². The number of nitro benzene ring substituents is 2. The average Bonchev–Trinajstić information content (AvgIpc) is 3.04. The van der Waals surface area contributed by atoms with Gasteiger partial charge in [-0.25, -0.2) is 0 Å². The second-order valence-electron chi connectivity index (χ2n) is 6.83. The molecule has 2 aromatic carbocycles. The van der Waals surface area contributed by atoms with Crippen LogP contribution in [0.2, 0.25) is 0 Å². The highest BCUT2D eigenvalue weighted by Gasteiger charge is 2.20. The quantitative estimate of drug-likeness (QED) is 0.308. The number of ether oxygens (including phenoxy) is 1. The van der Waals surface area contributed by atoms with Crippen LogP contribution in [0.3, 0.4) is 0 Å². The Hall–Kier alpha value is -3.44. The van der Waals surface area contributed by atoms with Gasteiger partial charge in [-0.3, -0.25) is 25.0 Å².